The summed E-state index contributed by atoms with van der Waals surface area (Å²) in [6, 6.07) is 13.8. The molecule has 0 aromatic heterocycles. The standard InChI is InChI=1S/C20H23N3O2S/c1-4-11-21-20(26)23-22-13-16-9-10-18(19(12-16)24-3)25-14-17-8-6-5-7-15(17)2/h4-10,12-13H,1,11,14H2,2-3H3,(H2,21,23,26)/b22-13-. The summed E-state index contributed by atoms with van der Waals surface area (Å²) >= 11 is 5.07. The number of thiocarbonyl (C=S) groups is 1. The Morgan fingerprint density at radius 1 is 1.23 bits per heavy atom. The van der Waals surface area contributed by atoms with Crippen molar-refractivity contribution in [2.75, 3.05) is 13.7 Å². The number of aryl methyl sites for hydroxylation is 1. The number of hydrogen-bond acceptors (Lipinski definition) is 4. The number of nitrogens with one attached hydrogen (secondary N) is 2. The summed E-state index contributed by atoms with van der Waals surface area (Å²) in [4.78, 5) is 0. The molecular formula is C20H23N3O2S. The lowest BCUT2D eigenvalue weighted by atomic mass is 10.1. The molecule has 0 spiro atoms. The Morgan fingerprint density at radius 3 is 2.77 bits per heavy atom. The summed E-state index contributed by atoms with van der Waals surface area (Å²) in [6.45, 7) is 6.75. The largest absolute Gasteiger partial charge is 0.493 e. The first-order chi connectivity index (χ1) is 12.6. The molecule has 2 aromatic carbocycles. The van der Waals surface area contributed by atoms with Gasteiger partial charge in [-0.1, -0.05) is 30.3 Å². The quantitative estimate of drug-likeness (QED) is 0.322. The number of benzene rings is 2. The lowest BCUT2D eigenvalue weighted by Gasteiger charge is -2.12. The third-order valence-corrected chi connectivity index (χ3v) is 3.85. The zero-order valence-corrected chi connectivity index (χ0v) is 15.8. The Hall–Kier alpha value is -2.86. The van der Waals surface area contributed by atoms with Crippen molar-refractivity contribution in [3.8, 4) is 11.5 Å². The van der Waals surface area contributed by atoms with Crippen LogP contribution in [0.2, 0.25) is 0 Å². The van der Waals surface area contributed by atoms with Crippen LogP contribution in [0.15, 0.2) is 60.2 Å². The van der Waals surface area contributed by atoms with Crippen molar-refractivity contribution in [2.45, 2.75) is 13.5 Å². The Morgan fingerprint density at radius 2 is 2.04 bits per heavy atom. The minimum atomic E-state index is 0.436. The Bertz CT molecular complexity index is 790. The molecule has 0 fully saturated rings. The van der Waals surface area contributed by atoms with Gasteiger partial charge in [0.15, 0.2) is 16.6 Å². The van der Waals surface area contributed by atoms with Crippen LogP contribution in [0.5, 0.6) is 11.5 Å². The van der Waals surface area contributed by atoms with Gasteiger partial charge in [-0.05, 0) is 54.0 Å². The fourth-order valence-corrected chi connectivity index (χ4v) is 2.32. The number of hydrogen-bond donors (Lipinski definition) is 2. The van der Waals surface area contributed by atoms with E-state index in [1.165, 1.54) is 5.56 Å². The maximum atomic E-state index is 5.91. The van der Waals surface area contributed by atoms with Crippen LogP contribution in [0.4, 0.5) is 0 Å². The van der Waals surface area contributed by atoms with Gasteiger partial charge in [-0.25, -0.2) is 0 Å². The second-order valence-corrected chi connectivity index (χ2v) is 5.90. The van der Waals surface area contributed by atoms with Crippen LogP contribution in [-0.4, -0.2) is 25.0 Å². The Balaban J connectivity index is 1.99. The van der Waals surface area contributed by atoms with Crippen LogP contribution in [-0.2, 0) is 6.61 Å². The molecule has 0 bridgehead atoms. The number of ether oxygens (including phenoxy) is 2. The predicted octanol–water partition coefficient (Wildman–Crippen LogP) is 3.57. The van der Waals surface area contributed by atoms with Crippen LogP contribution in [0.3, 0.4) is 0 Å². The molecule has 0 heterocycles. The highest BCUT2D eigenvalue weighted by molar-refractivity contribution is 7.80. The Labute approximate surface area is 159 Å². The van der Waals surface area contributed by atoms with Crippen molar-refractivity contribution in [3.63, 3.8) is 0 Å². The van der Waals surface area contributed by atoms with Crippen LogP contribution >= 0.6 is 12.2 Å². The van der Waals surface area contributed by atoms with E-state index < -0.39 is 0 Å². The van der Waals surface area contributed by atoms with Crippen molar-refractivity contribution < 1.29 is 9.47 Å². The van der Waals surface area contributed by atoms with E-state index in [-0.39, 0.29) is 0 Å². The lowest BCUT2D eigenvalue weighted by Crippen LogP contribution is -2.31. The maximum absolute atomic E-state index is 5.91. The molecule has 0 aliphatic heterocycles. The molecule has 0 atom stereocenters. The lowest BCUT2D eigenvalue weighted by molar-refractivity contribution is 0.284. The van der Waals surface area contributed by atoms with Gasteiger partial charge in [-0.15, -0.1) is 6.58 Å². The summed E-state index contributed by atoms with van der Waals surface area (Å²) < 4.78 is 11.3. The van der Waals surface area contributed by atoms with Gasteiger partial charge in [0.2, 0.25) is 0 Å². The van der Waals surface area contributed by atoms with Crippen LogP contribution < -0.4 is 20.2 Å². The molecule has 0 saturated carbocycles. The van der Waals surface area contributed by atoms with Crippen LogP contribution in [0.1, 0.15) is 16.7 Å². The summed E-state index contributed by atoms with van der Waals surface area (Å²) in [5, 5.41) is 7.46. The SMILES string of the molecule is C=CCNC(=S)N/N=C\c1ccc(OCc2ccccc2C)c(OC)c1. The molecule has 0 saturated heterocycles. The van der Waals surface area contributed by atoms with E-state index in [1.807, 2.05) is 30.3 Å². The molecule has 2 aromatic rings. The van der Waals surface area contributed by atoms with Gasteiger partial charge in [0.05, 0.1) is 13.3 Å². The smallest absolute Gasteiger partial charge is 0.187 e. The zero-order valence-electron chi connectivity index (χ0n) is 15.0. The minimum Gasteiger partial charge on any atom is -0.493 e. The van der Waals surface area contributed by atoms with E-state index in [0.717, 1.165) is 11.1 Å². The third-order valence-electron chi connectivity index (χ3n) is 3.62. The number of hydrazone groups is 1. The highest BCUT2D eigenvalue weighted by atomic mass is 32.1. The van der Waals surface area contributed by atoms with Crippen molar-refractivity contribution in [3.05, 3.63) is 71.8 Å². The molecular weight excluding hydrogens is 346 g/mol. The average Bonchev–Trinajstić information content (AvgIpc) is 2.66. The molecule has 6 heteroatoms. The number of nitrogens with zero attached hydrogens (tertiary/aromatic N) is 1. The summed E-state index contributed by atoms with van der Waals surface area (Å²) in [7, 11) is 1.61. The fraction of sp³-hybridized carbons (Fsp3) is 0.200. The highest BCUT2D eigenvalue weighted by Crippen LogP contribution is 2.28. The first-order valence-electron chi connectivity index (χ1n) is 8.17. The molecule has 136 valence electrons. The number of rotatable bonds is 8. The van der Waals surface area contributed by atoms with Gasteiger partial charge in [-0.2, -0.15) is 5.10 Å². The molecule has 5 nitrogen and oxygen atoms in total. The van der Waals surface area contributed by atoms with E-state index in [2.05, 4.69) is 41.5 Å². The molecule has 0 unspecified atom stereocenters. The molecule has 2 rings (SSSR count). The molecule has 0 radical (unpaired) electrons. The summed E-state index contributed by atoms with van der Waals surface area (Å²) in [5.41, 5.74) is 5.95. The molecule has 0 aliphatic rings. The van der Waals surface area contributed by atoms with E-state index in [9.17, 15) is 0 Å². The van der Waals surface area contributed by atoms with E-state index in [0.29, 0.717) is 29.8 Å². The van der Waals surface area contributed by atoms with Crippen LogP contribution in [0.25, 0.3) is 0 Å². The summed E-state index contributed by atoms with van der Waals surface area (Å²) in [5.74, 6) is 1.33. The molecule has 26 heavy (non-hydrogen) atoms. The third kappa shape index (κ3) is 5.89. The van der Waals surface area contributed by atoms with Crippen molar-refractivity contribution in [1.82, 2.24) is 10.7 Å². The van der Waals surface area contributed by atoms with Crippen molar-refractivity contribution in [1.29, 1.82) is 0 Å². The minimum absolute atomic E-state index is 0.436. The zero-order chi connectivity index (χ0) is 18.8. The monoisotopic (exact) mass is 369 g/mol. The van der Waals surface area contributed by atoms with Gasteiger partial charge < -0.3 is 14.8 Å². The second kappa shape index (κ2) is 10.2. The summed E-state index contributed by atoms with van der Waals surface area (Å²) in [6.07, 6.45) is 3.38. The van der Waals surface area contributed by atoms with Gasteiger partial charge in [0.25, 0.3) is 0 Å². The normalized spacial score (nSPS) is 10.4. The molecule has 2 N–H and O–H groups in total. The van der Waals surface area contributed by atoms with E-state index in [1.54, 1.807) is 19.4 Å². The first-order valence-corrected chi connectivity index (χ1v) is 8.58. The average molecular weight is 369 g/mol. The van der Waals surface area contributed by atoms with Gasteiger partial charge >= 0.3 is 0 Å². The van der Waals surface area contributed by atoms with E-state index in [4.69, 9.17) is 21.7 Å². The second-order valence-electron chi connectivity index (χ2n) is 5.49. The number of methoxy groups -OCH3 is 1. The molecule has 0 amide bonds. The maximum Gasteiger partial charge on any atom is 0.187 e. The fourth-order valence-electron chi connectivity index (χ4n) is 2.18. The topological polar surface area (TPSA) is 54.9 Å². The first kappa shape index (κ1) is 19.5. The predicted molar refractivity (Wildman–Crippen MR) is 110 cm³/mol. The van der Waals surface area contributed by atoms with Gasteiger partial charge in [-0.3, -0.25) is 5.43 Å². The van der Waals surface area contributed by atoms with Gasteiger partial charge in [0.1, 0.15) is 6.61 Å². The highest BCUT2D eigenvalue weighted by Gasteiger charge is 2.06. The van der Waals surface area contributed by atoms with Gasteiger partial charge in [0, 0.05) is 6.54 Å². The molecule has 0 aliphatic carbocycles. The van der Waals surface area contributed by atoms with Crippen molar-refractivity contribution in [2.24, 2.45) is 5.10 Å². The van der Waals surface area contributed by atoms with Crippen LogP contribution in [0, 0.1) is 6.92 Å². The van der Waals surface area contributed by atoms with Crippen molar-refractivity contribution >= 4 is 23.5 Å². The Kier molecular flexibility index (Phi) is 7.64. The van der Waals surface area contributed by atoms with E-state index >= 15 is 0 Å².